The minimum Gasteiger partial charge on any atom is -0.479 e. The molecule has 0 amide bonds. The first-order valence-electron chi connectivity index (χ1n) is 22.2. The average Bonchev–Trinajstić information content (AvgIpc) is 3.30. The molecule has 29 atom stereocenters. The third kappa shape index (κ3) is 11.2. The molecule has 0 bridgehead atoms. The quantitative estimate of drug-likeness (QED) is 0.0683. The molecular weight excluding hydrogens is 928 g/mol. The molecule has 15 N–H and O–H groups in total. The van der Waals surface area contributed by atoms with E-state index in [0.29, 0.717) is 0 Å². The largest absolute Gasteiger partial charge is 0.479 e. The van der Waals surface area contributed by atoms with Crippen LogP contribution in [0, 0.1) is 5.92 Å². The summed E-state index contributed by atoms with van der Waals surface area (Å²) in [5, 5.41) is 162. The smallest absolute Gasteiger partial charge is 0.338 e. The monoisotopic (exact) mass is 996 g/mol. The zero-order chi connectivity index (χ0) is 50.3. The molecule has 5 aliphatic heterocycles. The van der Waals surface area contributed by atoms with Gasteiger partial charge in [-0.15, -0.1) is 0 Å². The minimum atomic E-state index is -2.69. The lowest BCUT2D eigenvalue weighted by atomic mass is 9.81. The van der Waals surface area contributed by atoms with Crippen molar-refractivity contribution in [3.05, 3.63) is 0 Å². The molecular formula is C40H68O28. The van der Waals surface area contributed by atoms with E-state index in [0.717, 1.165) is 7.11 Å². The van der Waals surface area contributed by atoms with Gasteiger partial charge >= 0.3 is 5.97 Å². The summed E-state index contributed by atoms with van der Waals surface area (Å²) >= 11 is 0. The Bertz CT molecular complexity index is 1600. The highest BCUT2D eigenvalue weighted by molar-refractivity contribution is 5.78. The second-order valence-corrected chi connectivity index (χ2v) is 18.2. The number of carboxylic acids is 1. The third-order valence-corrected chi connectivity index (χ3v) is 13.6. The normalized spacial score (nSPS) is 52.7. The third-order valence-electron chi connectivity index (χ3n) is 13.6. The number of aliphatic carboxylic acids is 1. The topological polar surface area (TPSA) is 431 Å². The highest BCUT2D eigenvalue weighted by Crippen LogP contribution is 2.39. The van der Waals surface area contributed by atoms with Crippen molar-refractivity contribution in [2.75, 3.05) is 34.0 Å². The van der Waals surface area contributed by atoms with Crippen LogP contribution >= 0.6 is 0 Å². The summed E-state index contributed by atoms with van der Waals surface area (Å²) in [6.07, 6.45) is -46.2. The Kier molecular flexibility index (Phi) is 18.9. The Labute approximate surface area is 388 Å². The number of carbonyl (C=O) groups is 1. The molecule has 6 aliphatic rings. The molecule has 24 unspecified atom stereocenters. The predicted octanol–water partition coefficient (Wildman–Crippen LogP) is -8.56. The van der Waals surface area contributed by atoms with Crippen LogP contribution in [0.5, 0.6) is 0 Å². The van der Waals surface area contributed by atoms with Gasteiger partial charge in [-0.2, -0.15) is 0 Å². The van der Waals surface area contributed by atoms with Crippen molar-refractivity contribution >= 4 is 5.97 Å². The Hall–Kier alpha value is -1.57. The highest BCUT2D eigenvalue weighted by atomic mass is 16.8. The molecule has 396 valence electrons. The van der Waals surface area contributed by atoms with Crippen LogP contribution in [0.3, 0.4) is 0 Å². The number of rotatable bonds is 16. The molecule has 0 aromatic carbocycles. The van der Waals surface area contributed by atoms with Gasteiger partial charge in [0.25, 0.3) is 0 Å². The van der Waals surface area contributed by atoms with E-state index in [1.807, 2.05) is 0 Å². The first-order chi connectivity index (χ1) is 32.0. The van der Waals surface area contributed by atoms with E-state index in [-0.39, 0.29) is 12.3 Å². The lowest BCUT2D eigenvalue weighted by Gasteiger charge is -2.50. The minimum absolute atomic E-state index is 0.0829. The molecule has 28 nitrogen and oxygen atoms in total. The van der Waals surface area contributed by atoms with Crippen LogP contribution in [0.15, 0.2) is 0 Å². The predicted molar refractivity (Wildman–Crippen MR) is 213 cm³/mol. The number of aliphatic hydroxyl groups is 14. The van der Waals surface area contributed by atoms with E-state index in [2.05, 4.69) is 0 Å². The van der Waals surface area contributed by atoms with Crippen molar-refractivity contribution in [1.82, 2.24) is 0 Å². The van der Waals surface area contributed by atoms with Crippen LogP contribution in [-0.4, -0.2) is 288 Å². The van der Waals surface area contributed by atoms with E-state index < -0.39 is 204 Å². The summed E-state index contributed by atoms with van der Waals surface area (Å²) < 4.78 is 68.6. The molecule has 1 saturated carbocycles. The van der Waals surface area contributed by atoms with Crippen molar-refractivity contribution in [3.63, 3.8) is 0 Å². The van der Waals surface area contributed by atoms with E-state index in [1.165, 1.54) is 21.0 Å². The molecule has 68 heavy (non-hydrogen) atoms. The number of methoxy groups -OCH3 is 2. The average molecular weight is 997 g/mol. The first kappa shape index (κ1) is 55.7. The zero-order valence-corrected chi connectivity index (χ0v) is 37.7. The van der Waals surface area contributed by atoms with E-state index >= 15 is 0 Å². The Morgan fingerprint density at radius 2 is 1.04 bits per heavy atom. The molecule has 0 radical (unpaired) electrons. The van der Waals surface area contributed by atoms with Gasteiger partial charge in [0.2, 0.25) is 0 Å². The molecule has 0 spiro atoms. The fourth-order valence-corrected chi connectivity index (χ4v) is 9.43. The SMILES string of the molecule is COC1OC(CO)[C@H](O)C(OC2OC(CO[C@H]3OC(C)C(O)C(O)C3OC3OC(CO)[C@H](O)C(O[C@H]4CC(C)C(OC)C(O)C4O)C3O)(C(=O)O)CC(O)C2O)C1O[C@H]1OC(C)C(O)C(O)C1O. The van der Waals surface area contributed by atoms with Crippen LogP contribution in [0.25, 0.3) is 0 Å². The second-order valence-electron chi connectivity index (χ2n) is 18.2. The first-order valence-corrected chi connectivity index (χ1v) is 22.2. The molecule has 28 heteroatoms. The van der Waals surface area contributed by atoms with Gasteiger partial charge < -0.3 is 133 Å². The maximum Gasteiger partial charge on any atom is 0.338 e. The van der Waals surface area contributed by atoms with Gasteiger partial charge in [-0.25, -0.2) is 4.79 Å². The van der Waals surface area contributed by atoms with Crippen LogP contribution in [0.4, 0.5) is 0 Å². The van der Waals surface area contributed by atoms with Gasteiger partial charge in [0, 0.05) is 20.6 Å². The summed E-state index contributed by atoms with van der Waals surface area (Å²) in [7, 11) is 2.47. The molecule has 5 saturated heterocycles. The lowest BCUT2D eigenvalue weighted by molar-refractivity contribution is -0.393. The highest BCUT2D eigenvalue weighted by Gasteiger charge is 2.59. The van der Waals surface area contributed by atoms with Gasteiger partial charge in [0.1, 0.15) is 104 Å². The number of ether oxygens (including phenoxy) is 12. The van der Waals surface area contributed by atoms with Gasteiger partial charge in [-0.05, 0) is 26.2 Å². The Balaban J connectivity index is 1.22. The molecule has 6 fully saturated rings. The van der Waals surface area contributed by atoms with E-state index in [9.17, 15) is 81.4 Å². The molecule has 5 heterocycles. The fourth-order valence-electron chi connectivity index (χ4n) is 9.43. The van der Waals surface area contributed by atoms with Gasteiger partial charge in [-0.3, -0.25) is 0 Å². The van der Waals surface area contributed by atoms with E-state index in [4.69, 9.17) is 56.8 Å². The number of hydrogen-bond donors (Lipinski definition) is 15. The number of aliphatic hydroxyl groups excluding tert-OH is 14. The van der Waals surface area contributed by atoms with Crippen LogP contribution < -0.4 is 0 Å². The number of hydrogen-bond acceptors (Lipinski definition) is 27. The maximum atomic E-state index is 13.2. The summed E-state index contributed by atoms with van der Waals surface area (Å²) in [6, 6.07) is 0. The van der Waals surface area contributed by atoms with Crippen molar-refractivity contribution in [2.45, 2.75) is 205 Å². The fraction of sp³-hybridized carbons (Fsp3) is 0.975. The van der Waals surface area contributed by atoms with Gasteiger partial charge in [0.05, 0.1) is 50.3 Å². The van der Waals surface area contributed by atoms with Crippen LogP contribution in [0.2, 0.25) is 0 Å². The maximum absolute atomic E-state index is 13.2. The second kappa shape index (κ2) is 23.1. The van der Waals surface area contributed by atoms with Crippen molar-refractivity contribution in [1.29, 1.82) is 0 Å². The summed E-state index contributed by atoms with van der Waals surface area (Å²) in [4.78, 5) is 13.2. The molecule has 1 aliphatic carbocycles. The summed E-state index contributed by atoms with van der Waals surface area (Å²) in [5.41, 5.74) is -2.69. The summed E-state index contributed by atoms with van der Waals surface area (Å²) in [5.74, 6) is -2.20. The van der Waals surface area contributed by atoms with E-state index in [1.54, 1.807) is 6.92 Å². The Morgan fingerprint density at radius 3 is 1.63 bits per heavy atom. The van der Waals surface area contributed by atoms with Crippen LogP contribution in [0.1, 0.15) is 33.6 Å². The van der Waals surface area contributed by atoms with Crippen LogP contribution in [-0.2, 0) is 61.6 Å². The standard InChI is InChI=1S/C40H68O28/c1-11-6-15(21(47)26(52)29(11)57-4)62-30-22(48)16(8-41)63-35(28(30)54)66-32-25(51)19(45)13(3)61-38(32)59-10-40(39(55)56)7-14(43)20(46)36(68-40)65-31-23(49)17(9-42)64-37(58-5)33(31)67-34-27(53)24(50)18(44)12(2)60-34/h11-38,41-54H,6-10H2,1-5H3,(H,55,56)/t11?,12?,13?,14?,15-,16?,17?,18?,19?,20?,21?,22-,23-,24?,25?,26?,27?,28?,29?,30?,31?,32?,33?,34+,35?,36?,37?,38-,40?/m0/s1. The summed E-state index contributed by atoms with van der Waals surface area (Å²) in [6.45, 7) is 1.53. The van der Waals surface area contributed by atoms with Gasteiger partial charge in [-0.1, -0.05) is 6.92 Å². The van der Waals surface area contributed by atoms with Crippen molar-refractivity contribution < 1.29 is 138 Å². The molecule has 6 rings (SSSR count). The molecule has 0 aromatic rings. The van der Waals surface area contributed by atoms with Crippen molar-refractivity contribution in [3.8, 4) is 0 Å². The van der Waals surface area contributed by atoms with Crippen molar-refractivity contribution in [2.24, 2.45) is 5.92 Å². The Morgan fingerprint density at radius 1 is 0.515 bits per heavy atom. The zero-order valence-electron chi connectivity index (χ0n) is 37.7. The lowest BCUT2D eigenvalue weighted by Crippen LogP contribution is -2.67. The number of carboxylic acid groups (broad SMARTS) is 1. The van der Waals surface area contributed by atoms with Gasteiger partial charge in [0.15, 0.2) is 37.1 Å². The molecule has 0 aromatic heterocycles.